The second-order valence-corrected chi connectivity index (χ2v) is 5.71. The number of hydrogen-bond acceptors (Lipinski definition) is 5. The molecule has 1 saturated carbocycles. The Morgan fingerprint density at radius 3 is 2.80 bits per heavy atom. The molecule has 5 nitrogen and oxygen atoms in total. The van der Waals surface area contributed by atoms with Gasteiger partial charge in [-0.05, 0) is 31.2 Å². The Hall–Kier alpha value is -1.36. The van der Waals surface area contributed by atoms with Gasteiger partial charge in [0.25, 0.3) is 0 Å². The summed E-state index contributed by atoms with van der Waals surface area (Å²) in [6.45, 7) is 4.35. The molecule has 0 atom stereocenters. The molecule has 2 rings (SSSR count). The summed E-state index contributed by atoms with van der Waals surface area (Å²) < 4.78 is 5.50. The highest BCUT2D eigenvalue weighted by atomic mass is 16.5. The van der Waals surface area contributed by atoms with Crippen LogP contribution in [0.2, 0.25) is 0 Å². The summed E-state index contributed by atoms with van der Waals surface area (Å²) in [5, 5.41) is 3.39. The van der Waals surface area contributed by atoms with Crippen molar-refractivity contribution in [3.8, 4) is 5.88 Å². The molecule has 0 bridgehead atoms. The van der Waals surface area contributed by atoms with Gasteiger partial charge >= 0.3 is 0 Å². The monoisotopic (exact) mass is 278 g/mol. The Labute approximate surface area is 121 Å². The van der Waals surface area contributed by atoms with Gasteiger partial charge < -0.3 is 15.8 Å². The average molecular weight is 278 g/mol. The van der Waals surface area contributed by atoms with Crippen LogP contribution in [0.4, 0.5) is 5.82 Å². The SMILES string of the molecule is CCCOc1cncc(NCC2(CN)CCCCC2)n1. The molecule has 112 valence electrons. The van der Waals surface area contributed by atoms with Crippen LogP contribution >= 0.6 is 0 Å². The van der Waals surface area contributed by atoms with Crippen molar-refractivity contribution < 1.29 is 4.74 Å². The van der Waals surface area contributed by atoms with Gasteiger partial charge in [-0.15, -0.1) is 0 Å². The molecule has 0 amide bonds. The molecule has 1 aromatic rings. The number of hydrogen-bond donors (Lipinski definition) is 2. The van der Waals surface area contributed by atoms with Crippen LogP contribution in [0.5, 0.6) is 5.88 Å². The van der Waals surface area contributed by atoms with Crippen LogP contribution < -0.4 is 15.8 Å². The van der Waals surface area contributed by atoms with Gasteiger partial charge in [-0.2, -0.15) is 4.98 Å². The smallest absolute Gasteiger partial charge is 0.234 e. The lowest BCUT2D eigenvalue weighted by Crippen LogP contribution is -2.39. The molecular formula is C15H26N4O. The molecule has 0 aromatic carbocycles. The predicted octanol–water partition coefficient (Wildman–Crippen LogP) is 2.59. The second-order valence-electron chi connectivity index (χ2n) is 5.71. The largest absolute Gasteiger partial charge is 0.477 e. The first-order chi connectivity index (χ1) is 9.78. The van der Waals surface area contributed by atoms with Gasteiger partial charge in [0, 0.05) is 6.54 Å². The molecule has 0 radical (unpaired) electrons. The topological polar surface area (TPSA) is 73.1 Å². The van der Waals surface area contributed by atoms with E-state index in [9.17, 15) is 0 Å². The van der Waals surface area contributed by atoms with Crippen LogP contribution in [0.25, 0.3) is 0 Å². The van der Waals surface area contributed by atoms with Crippen LogP contribution in [0.15, 0.2) is 12.4 Å². The molecule has 1 aromatic heterocycles. The van der Waals surface area contributed by atoms with Gasteiger partial charge in [-0.3, -0.25) is 4.98 Å². The minimum absolute atomic E-state index is 0.222. The van der Waals surface area contributed by atoms with Gasteiger partial charge in [-0.1, -0.05) is 26.2 Å². The van der Waals surface area contributed by atoms with E-state index in [1.807, 2.05) is 0 Å². The Kier molecular flexibility index (Phi) is 5.59. The van der Waals surface area contributed by atoms with Crippen molar-refractivity contribution in [1.29, 1.82) is 0 Å². The van der Waals surface area contributed by atoms with Crippen molar-refractivity contribution in [2.24, 2.45) is 11.1 Å². The van der Waals surface area contributed by atoms with E-state index in [1.54, 1.807) is 12.4 Å². The van der Waals surface area contributed by atoms with Gasteiger partial charge in [0.1, 0.15) is 5.82 Å². The standard InChI is InChI=1S/C15H26N4O/c1-2-8-20-14-10-17-9-13(19-14)18-12-15(11-16)6-4-3-5-7-15/h9-10H,2-8,11-12,16H2,1H3,(H,18,19). The first-order valence-corrected chi connectivity index (χ1v) is 7.67. The molecule has 0 aliphatic heterocycles. The van der Waals surface area contributed by atoms with E-state index in [0.29, 0.717) is 12.5 Å². The van der Waals surface area contributed by atoms with Crippen LogP contribution in [0.1, 0.15) is 45.4 Å². The first kappa shape index (κ1) is 15.0. The number of nitrogens with one attached hydrogen (secondary N) is 1. The molecule has 0 saturated heterocycles. The Bertz CT molecular complexity index is 405. The summed E-state index contributed by atoms with van der Waals surface area (Å²) >= 11 is 0. The number of nitrogens with two attached hydrogens (primary N) is 1. The first-order valence-electron chi connectivity index (χ1n) is 7.67. The molecular weight excluding hydrogens is 252 g/mol. The maximum absolute atomic E-state index is 6.00. The molecule has 1 heterocycles. The van der Waals surface area contributed by atoms with E-state index in [-0.39, 0.29) is 5.41 Å². The van der Waals surface area contributed by atoms with E-state index in [1.165, 1.54) is 32.1 Å². The van der Waals surface area contributed by atoms with Crippen molar-refractivity contribution in [3.05, 3.63) is 12.4 Å². The zero-order valence-corrected chi connectivity index (χ0v) is 12.4. The zero-order valence-electron chi connectivity index (χ0n) is 12.4. The Balaban J connectivity index is 1.92. The molecule has 1 aliphatic rings. The third-order valence-electron chi connectivity index (χ3n) is 4.06. The average Bonchev–Trinajstić information content (AvgIpc) is 2.52. The number of nitrogens with zero attached hydrogens (tertiary/aromatic N) is 2. The summed E-state index contributed by atoms with van der Waals surface area (Å²) in [5.41, 5.74) is 6.22. The highest BCUT2D eigenvalue weighted by Crippen LogP contribution is 2.35. The summed E-state index contributed by atoms with van der Waals surface area (Å²) in [6, 6.07) is 0. The van der Waals surface area contributed by atoms with Crippen molar-refractivity contribution in [2.75, 3.05) is 25.0 Å². The lowest BCUT2D eigenvalue weighted by molar-refractivity contribution is 0.215. The van der Waals surface area contributed by atoms with E-state index < -0.39 is 0 Å². The van der Waals surface area contributed by atoms with Gasteiger partial charge in [0.2, 0.25) is 5.88 Å². The molecule has 0 unspecified atom stereocenters. The zero-order chi connectivity index (χ0) is 14.3. The van der Waals surface area contributed by atoms with E-state index in [0.717, 1.165) is 25.3 Å². The minimum atomic E-state index is 0.222. The van der Waals surface area contributed by atoms with Crippen molar-refractivity contribution in [2.45, 2.75) is 45.4 Å². The number of anilines is 1. The molecule has 0 spiro atoms. The predicted molar refractivity (Wildman–Crippen MR) is 80.9 cm³/mol. The summed E-state index contributed by atoms with van der Waals surface area (Å²) in [7, 11) is 0. The number of ether oxygens (including phenoxy) is 1. The van der Waals surface area contributed by atoms with E-state index in [4.69, 9.17) is 10.5 Å². The fraction of sp³-hybridized carbons (Fsp3) is 0.733. The number of rotatable bonds is 7. The highest BCUT2D eigenvalue weighted by Gasteiger charge is 2.30. The molecule has 5 heteroatoms. The van der Waals surface area contributed by atoms with Crippen molar-refractivity contribution >= 4 is 5.82 Å². The van der Waals surface area contributed by atoms with Crippen molar-refractivity contribution in [1.82, 2.24) is 9.97 Å². The third kappa shape index (κ3) is 4.07. The van der Waals surface area contributed by atoms with Crippen LogP contribution in [0, 0.1) is 5.41 Å². The molecule has 1 aliphatic carbocycles. The van der Waals surface area contributed by atoms with Gasteiger partial charge in [0.05, 0.1) is 19.0 Å². The van der Waals surface area contributed by atoms with Crippen LogP contribution in [-0.2, 0) is 0 Å². The summed E-state index contributed by atoms with van der Waals surface area (Å²) in [5.74, 6) is 1.36. The quantitative estimate of drug-likeness (QED) is 0.802. The van der Waals surface area contributed by atoms with Gasteiger partial charge in [0.15, 0.2) is 0 Å². The Morgan fingerprint density at radius 2 is 2.10 bits per heavy atom. The molecule has 3 N–H and O–H groups in total. The van der Waals surface area contributed by atoms with Crippen molar-refractivity contribution in [3.63, 3.8) is 0 Å². The van der Waals surface area contributed by atoms with Crippen LogP contribution in [0.3, 0.4) is 0 Å². The molecule has 1 fully saturated rings. The molecule has 20 heavy (non-hydrogen) atoms. The third-order valence-corrected chi connectivity index (χ3v) is 4.06. The minimum Gasteiger partial charge on any atom is -0.477 e. The summed E-state index contributed by atoms with van der Waals surface area (Å²) in [4.78, 5) is 8.59. The number of aromatic nitrogens is 2. The normalized spacial score (nSPS) is 17.7. The van der Waals surface area contributed by atoms with Gasteiger partial charge in [-0.25, -0.2) is 0 Å². The summed E-state index contributed by atoms with van der Waals surface area (Å²) in [6.07, 6.45) is 10.7. The van der Waals surface area contributed by atoms with Crippen LogP contribution in [-0.4, -0.2) is 29.7 Å². The fourth-order valence-corrected chi connectivity index (χ4v) is 2.74. The lowest BCUT2D eigenvalue weighted by Gasteiger charge is -2.36. The van der Waals surface area contributed by atoms with E-state index >= 15 is 0 Å². The Morgan fingerprint density at radius 1 is 1.30 bits per heavy atom. The maximum Gasteiger partial charge on any atom is 0.234 e. The maximum atomic E-state index is 6.00. The van der Waals surface area contributed by atoms with E-state index in [2.05, 4.69) is 22.2 Å². The highest BCUT2D eigenvalue weighted by molar-refractivity contribution is 5.33. The fourth-order valence-electron chi connectivity index (χ4n) is 2.74. The second kappa shape index (κ2) is 7.43. The lowest BCUT2D eigenvalue weighted by atomic mass is 9.74.